The minimum Gasteiger partial charge on any atom is -0.481 e. The molecule has 0 aliphatic carbocycles. The molecule has 15 nitrogen and oxygen atoms in total. The van der Waals surface area contributed by atoms with Crippen molar-refractivity contribution < 1.29 is 46.9 Å². The molecule has 0 bridgehead atoms. The van der Waals surface area contributed by atoms with Gasteiger partial charge in [-0.2, -0.15) is 10.5 Å². The van der Waals surface area contributed by atoms with E-state index in [0.717, 1.165) is 42.0 Å². The molecule has 0 saturated carbocycles. The summed E-state index contributed by atoms with van der Waals surface area (Å²) in [5, 5.41) is 50.6. The number of hydrogen-bond acceptors (Lipinski definition) is 11. The predicted octanol–water partition coefficient (Wildman–Crippen LogP) is 8.31. The van der Waals surface area contributed by atoms with Gasteiger partial charge in [-0.25, -0.2) is 0 Å². The fourth-order valence-electron chi connectivity index (χ4n) is 6.52. The monoisotopic (exact) mass is 1030 g/mol. The molecule has 376 valence electrons. The molecule has 0 aliphatic rings. The first-order valence-corrected chi connectivity index (χ1v) is 22.6. The molecule has 73 heavy (non-hydrogen) atoms. The molecular formula is C56H56BCuN7O8+. The molecule has 0 radical (unpaired) electrons. The standard InChI is InChI=1S/C23H15N3O.C17H11N3O.C6H7BO2.C6H15N.2C2H4O2.Cu/c24-15-17-8-4-5-11-20(17)21-14-18(22-12-6-7-13-25-22)16-26(23(21)27)19-9-2-1-3-10-19;18-10-12-5-1-2-6-14(12)15-9-13(11-20-17(15)21)16-7-3-4-8-19-16;8-7(9)6-4-2-1-3-5-6;1-4-7(5-2)6-3;2*1-2(3)4;/h1-14,16H;1-9,11H,(H,20,21);1-5,8-9H;4-6H2,1-3H3;2*1H3,(H,3,4);/q;;;;;;+1. The van der Waals surface area contributed by atoms with Gasteiger partial charge in [0.2, 0.25) is 0 Å². The van der Waals surface area contributed by atoms with Gasteiger partial charge in [-0.05, 0) is 85.8 Å². The zero-order valence-electron chi connectivity index (χ0n) is 40.9. The number of rotatable bonds is 9. The zero-order chi connectivity index (χ0) is 52.8. The van der Waals surface area contributed by atoms with Gasteiger partial charge in [0.15, 0.2) is 0 Å². The van der Waals surface area contributed by atoms with Crippen LogP contribution in [-0.4, -0.2) is 83.4 Å². The number of aliphatic carboxylic acids is 2. The number of carboxylic acids is 2. The van der Waals surface area contributed by atoms with Gasteiger partial charge in [-0.1, -0.05) is 118 Å². The minimum atomic E-state index is -1.34. The molecule has 0 fully saturated rings. The van der Waals surface area contributed by atoms with Crippen LogP contribution in [0.25, 0.3) is 50.5 Å². The van der Waals surface area contributed by atoms with Gasteiger partial charge >= 0.3 is 24.2 Å². The summed E-state index contributed by atoms with van der Waals surface area (Å²) in [7, 11) is -1.34. The third-order valence-electron chi connectivity index (χ3n) is 9.99. The number of para-hydroxylation sites is 1. The number of nitriles is 2. The zero-order valence-corrected chi connectivity index (χ0v) is 41.9. The third kappa shape index (κ3) is 20.4. The maximum atomic E-state index is 13.3. The number of carboxylic acid groups (broad SMARTS) is 2. The molecule has 8 rings (SSSR count). The molecule has 4 aromatic heterocycles. The topological polar surface area (TPSA) is 247 Å². The van der Waals surface area contributed by atoms with Crippen molar-refractivity contribution in [3.8, 4) is 62.6 Å². The van der Waals surface area contributed by atoms with E-state index in [1.54, 1.807) is 102 Å². The summed E-state index contributed by atoms with van der Waals surface area (Å²) in [5.74, 6) is -1.67. The van der Waals surface area contributed by atoms with Gasteiger partial charge in [0.25, 0.3) is 23.1 Å². The number of carbonyl (C=O) groups is 2. The number of aromatic nitrogens is 4. The molecule has 0 unspecified atom stereocenters. The summed E-state index contributed by atoms with van der Waals surface area (Å²) in [4.78, 5) is 57.1. The Balaban J connectivity index is 0.000000349. The van der Waals surface area contributed by atoms with E-state index in [0.29, 0.717) is 38.8 Å². The van der Waals surface area contributed by atoms with Crippen LogP contribution < -0.4 is 16.6 Å². The Bertz CT molecular complexity index is 3100. The van der Waals surface area contributed by atoms with Crippen molar-refractivity contribution >= 4 is 24.5 Å². The molecule has 0 aliphatic heterocycles. The summed E-state index contributed by atoms with van der Waals surface area (Å²) in [6.45, 7) is 12.3. The van der Waals surface area contributed by atoms with Gasteiger partial charge in [-0.15, -0.1) is 0 Å². The number of hydrogen-bond donors (Lipinski definition) is 5. The van der Waals surface area contributed by atoms with Crippen LogP contribution in [-0.2, 0) is 26.7 Å². The van der Waals surface area contributed by atoms with Crippen molar-refractivity contribution in [1.29, 1.82) is 10.5 Å². The molecule has 0 saturated heterocycles. The molecule has 5 N–H and O–H groups in total. The fraction of sp³-hybridized carbons (Fsp3) is 0.143. The quantitative estimate of drug-likeness (QED) is 0.0855. The van der Waals surface area contributed by atoms with Gasteiger partial charge in [0.1, 0.15) is 0 Å². The Labute approximate surface area is 435 Å². The van der Waals surface area contributed by atoms with Crippen molar-refractivity contribution in [1.82, 2.24) is 24.4 Å². The van der Waals surface area contributed by atoms with E-state index in [1.165, 1.54) is 19.6 Å². The number of pyridine rings is 4. The second kappa shape index (κ2) is 33.1. The van der Waals surface area contributed by atoms with E-state index in [4.69, 9.17) is 29.9 Å². The molecule has 0 atom stereocenters. The Morgan fingerprint density at radius 1 is 0.603 bits per heavy atom. The van der Waals surface area contributed by atoms with E-state index in [2.05, 4.69) is 52.8 Å². The normalized spacial score (nSPS) is 9.51. The van der Waals surface area contributed by atoms with Gasteiger partial charge in [0, 0.05) is 77.7 Å². The van der Waals surface area contributed by atoms with Crippen LogP contribution in [0.3, 0.4) is 0 Å². The average Bonchev–Trinajstić information content (AvgIpc) is 3.40. The molecule has 0 amide bonds. The number of benzene rings is 4. The SMILES string of the molecule is CC(=O)O.CC(=O)O.CCN(CC)CC.N#Cc1ccccc1-c1cc(-c2ccccn2)c[nH]c1=O.N#Cc1ccccc1-c1cc(-c2ccccn2)cn(-c2ccccc2)c1=O.OB(O)c1ccccc1.[Cu+]. The maximum Gasteiger partial charge on any atom is 1.00 e. The smallest absolute Gasteiger partial charge is 0.481 e. The van der Waals surface area contributed by atoms with Crippen molar-refractivity contribution in [2.45, 2.75) is 34.6 Å². The summed E-state index contributed by atoms with van der Waals surface area (Å²) in [6, 6.07) is 51.4. The first-order chi connectivity index (χ1) is 34.7. The van der Waals surface area contributed by atoms with Gasteiger partial charge < -0.3 is 30.1 Å². The van der Waals surface area contributed by atoms with Crippen molar-refractivity contribution in [2.75, 3.05) is 19.6 Å². The average molecular weight is 1030 g/mol. The van der Waals surface area contributed by atoms with E-state index < -0.39 is 19.1 Å². The van der Waals surface area contributed by atoms with E-state index in [1.807, 2.05) is 84.9 Å². The van der Waals surface area contributed by atoms with Crippen LogP contribution in [0.4, 0.5) is 0 Å². The summed E-state index contributed by atoms with van der Waals surface area (Å²) < 4.78 is 1.60. The van der Waals surface area contributed by atoms with Crippen LogP contribution in [0.1, 0.15) is 45.7 Å². The van der Waals surface area contributed by atoms with Crippen molar-refractivity contribution in [2.24, 2.45) is 0 Å². The second-order valence-electron chi connectivity index (χ2n) is 15.0. The van der Waals surface area contributed by atoms with E-state index >= 15 is 0 Å². The van der Waals surface area contributed by atoms with Gasteiger partial charge in [-0.3, -0.25) is 33.7 Å². The predicted molar refractivity (Wildman–Crippen MR) is 282 cm³/mol. The van der Waals surface area contributed by atoms with E-state index in [9.17, 15) is 20.1 Å². The molecular weight excluding hydrogens is 973 g/mol. The fourth-order valence-corrected chi connectivity index (χ4v) is 6.52. The molecule has 4 aromatic carbocycles. The number of nitrogens with zero attached hydrogens (tertiary/aromatic N) is 6. The van der Waals surface area contributed by atoms with Crippen LogP contribution in [0, 0.1) is 22.7 Å². The second-order valence-corrected chi connectivity index (χ2v) is 15.0. The third-order valence-corrected chi connectivity index (χ3v) is 9.99. The molecule has 17 heteroatoms. The van der Waals surface area contributed by atoms with Crippen LogP contribution in [0.5, 0.6) is 0 Å². The first kappa shape index (κ1) is 60.6. The Morgan fingerprint density at radius 3 is 1.42 bits per heavy atom. The minimum absolute atomic E-state index is 0. The Hall–Kier alpha value is -8.54. The maximum absolute atomic E-state index is 13.3. The summed E-state index contributed by atoms with van der Waals surface area (Å²) in [6.07, 6.45) is 6.83. The van der Waals surface area contributed by atoms with Crippen molar-refractivity contribution in [3.05, 3.63) is 214 Å². The molecule has 4 heterocycles. The molecule has 0 spiro atoms. The number of H-pyrrole nitrogens is 1. The number of nitrogens with one attached hydrogen (secondary N) is 1. The van der Waals surface area contributed by atoms with E-state index in [-0.39, 0.29) is 28.2 Å². The molecule has 8 aromatic rings. The Morgan fingerprint density at radius 2 is 1.01 bits per heavy atom. The number of aromatic amines is 1. The van der Waals surface area contributed by atoms with Crippen LogP contribution in [0.15, 0.2) is 192 Å². The van der Waals surface area contributed by atoms with Crippen LogP contribution in [0.2, 0.25) is 0 Å². The van der Waals surface area contributed by atoms with Gasteiger partial charge in [0.05, 0.1) is 34.7 Å². The van der Waals surface area contributed by atoms with Crippen LogP contribution >= 0.6 is 0 Å². The summed E-state index contributed by atoms with van der Waals surface area (Å²) >= 11 is 0. The first-order valence-electron chi connectivity index (χ1n) is 22.6. The summed E-state index contributed by atoms with van der Waals surface area (Å²) in [5.41, 5.74) is 7.14. The van der Waals surface area contributed by atoms with Crippen molar-refractivity contribution in [3.63, 3.8) is 0 Å². The largest absolute Gasteiger partial charge is 1.00 e. The Kier molecular flexibility index (Phi) is 27.5.